The van der Waals surface area contributed by atoms with Gasteiger partial charge in [-0.05, 0) is 0 Å². The summed E-state index contributed by atoms with van der Waals surface area (Å²) in [4.78, 5) is 92.4. The Morgan fingerprint density at radius 2 is 0.976 bits per heavy atom. The Kier molecular flexibility index (Phi) is 19.7. The number of hydrogen-bond donors (Lipinski definition) is 10. The maximum atomic E-state index is 12.4. The number of nitrogens with one attached hydrogen (secondary N) is 4. The van der Waals surface area contributed by atoms with E-state index in [1.165, 1.54) is 16.5 Å². The van der Waals surface area contributed by atoms with E-state index in [0.29, 0.717) is 0 Å². The molecule has 0 aliphatic rings. The van der Waals surface area contributed by atoms with E-state index in [0.717, 1.165) is 0 Å². The average Bonchev–Trinajstić information content (AvgIpc) is 2.89. The predicted octanol–water partition coefficient (Wildman–Crippen LogP) is -3.88. The van der Waals surface area contributed by atoms with Crippen molar-refractivity contribution in [1.82, 2.24) is 21.3 Å². The third-order valence-electron chi connectivity index (χ3n) is 4.87. The van der Waals surface area contributed by atoms with Gasteiger partial charge in [-0.25, -0.2) is 0 Å². The van der Waals surface area contributed by atoms with Crippen LogP contribution >= 0.6 is 16.5 Å². The van der Waals surface area contributed by atoms with Gasteiger partial charge in [0.2, 0.25) is 0 Å². The van der Waals surface area contributed by atoms with Crippen LogP contribution in [0, 0.1) is 0 Å². The second-order valence-electron chi connectivity index (χ2n) is 8.29. The molecule has 0 aromatic carbocycles. The first-order chi connectivity index (χ1) is 19.1. The standard InChI is InChI=1S/2C10H17N3O6S.Hg/c2*11-5(10(18)19)1-2-7(14)13-6(4-20)9(17)12-3-8(15)16;/h2*5-6,20H,1-4,11H2,(H,12,17)(H,13,14)(H,15,16)(H,18,19);/q;;+2/p-2/t2*5-,6-;/m00./s1. The Morgan fingerprint density at radius 1 is 0.634 bits per heavy atom. The molecule has 0 saturated carbocycles. The molecule has 4 amide bonds. The SMILES string of the molecule is N[C@@H](CCC(=O)N[C@@H](C[S][Hg][S]C[C@H](NC(=O)CC[C@H](N)C(=O)O)C(=O)NCC(=O)O)C(=O)NCC(=O)O)C(=O)O. The first kappa shape index (κ1) is 38.3. The van der Waals surface area contributed by atoms with E-state index in [2.05, 4.69) is 21.3 Å². The van der Waals surface area contributed by atoms with Gasteiger partial charge in [0.25, 0.3) is 0 Å². The fourth-order valence-corrected chi connectivity index (χ4v) is 21.2. The summed E-state index contributed by atoms with van der Waals surface area (Å²) in [6.45, 7) is -1.38. The molecule has 0 saturated heterocycles. The van der Waals surface area contributed by atoms with Gasteiger partial charge in [0, 0.05) is 0 Å². The molecule has 0 bridgehead atoms. The number of carboxylic acids is 4. The third kappa shape index (κ3) is 19.1. The van der Waals surface area contributed by atoms with Crippen molar-refractivity contribution in [3.8, 4) is 0 Å². The van der Waals surface area contributed by atoms with Crippen LogP contribution in [0.4, 0.5) is 0 Å². The molecule has 18 nitrogen and oxygen atoms in total. The van der Waals surface area contributed by atoms with Crippen LogP contribution in [0.1, 0.15) is 25.7 Å². The summed E-state index contributed by atoms with van der Waals surface area (Å²) in [5, 5.41) is 44.4. The monoisotopic (exact) mass is 814 g/mol. The van der Waals surface area contributed by atoms with Crippen molar-refractivity contribution in [2.75, 3.05) is 24.6 Å². The fraction of sp³-hybridized carbons (Fsp3) is 0.600. The number of carboxylic acid groups (broad SMARTS) is 4. The van der Waals surface area contributed by atoms with Gasteiger partial charge in [0.15, 0.2) is 0 Å². The molecule has 0 aliphatic carbocycles. The molecule has 228 valence electrons. The Balaban J connectivity index is 5.05. The van der Waals surface area contributed by atoms with Gasteiger partial charge in [0.05, 0.1) is 0 Å². The van der Waals surface area contributed by atoms with Crippen LogP contribution < -0.4 is 32.7 Å². The van der Waals surface area contributed by atoms with Crippen molar-refractivity contribution in [2.45, 2.75) is 49.9 Å². The minimum atomic E-state index is -2.03. The van der Waals surface area contributed by atoms with E-state index in [4.69, 9.17) is 31.9 Å². The van der Waals surface area contributed by atoms with Crippen molar-refractivity contribution in [3.63, 3.8) is 0 Å². The summed E-state index contributed by atoms with van der Waals surface area (Å²) < 4.78 is 0. The quantitative estimate of drug-likeness (QED) is 0.0369. The summed E-state index contributed by atoms with van der Waals surface area (Å²) in [5.74, 6) is -7.99. The maximum absolute atomic E-state index is 12.4. The predicted molar refractivity (Wildman–Crippen MR) is 140 cm³/mol. The van der Waals surface area contributed by atoms with Gasteiger partial charge in [-0.2, -0.15) is 0 Å². The third-order valence-corrected chi connectivity index (χ3v) is 24.5. The molecule has 0 aliphatic heterocycles. The second-order valence-corrected chi connectivity index (χ2v) is 28.5. The molecular weight excluding hydrogens is 781 g/mol. The summed E-state index contributed by atoms with van der Waals surface area (Å²) >= 11 is -2.03. The first-order valence-corrected chi connectivity index (χ1v) is 27.6. The molecule has 0 unspecified atom stereocenters. The topological polar surface area (TPSA) is 318 Å². The molecule has 0 radical (unpaired) electrons. The molecule has 0 rings (SSSR count). The number of hydrogen-bond acceptors (Lipinski definition) is 12. The normalized spacial score (nSPS) is 13.3. The molecule has 0 heterocycles. The van der Waals surface area contributed by atoms with Crippen LogP contribution in [0.3, 0.4) is 0 Å². The Bertz CT molecular complexity index is 901. The molecule has 4 atom stereocenters. The van der Waals surface area contributed by atoms with Crippen LogP contribution in [-0.2, 0) is 59.9 Å². The number of carbonyl (C=O) groups excluding carboxylic acids is 4. The number of carbonyl (C=O) groups is 8. The van der Waals surface area contributed by atoms with E-state index < -0.39 is 106 Å². The number of rotatable bonds is 22. The van der Waals surface area contributed by atoms with Crippen molar-refractivity contribution >= 4 is 64.0 Å². The molecule has 0 aromatic rings. The van der Waals surface area contributed by atoms with E-state index in [9.17, 15) is 38.4 Å². The van der Waals surface area contributed by atoms with Crippen molar-refractivity contribution < 1.29 is 80.3 Å². The van der Waals surface area contributed by atoms with Gasteiger partial charge >= 0.3 is 251 Å². The van der Waals surface area contributed by atoms with Gasteiger partial charge in [-0.3, -0.25) is 0 Å². The van der Waals surface area contributed by atoms with E-state index in [-0.39, 0.29) is 37.2 Å². The second kappa shape index (κ2) is 21.1. The Labute approximate surface area is 250 Å². The number of nitrogens with two attached hydrogens (primary N) is 2. The fourth-order valence-electron chi connectivity index (χ4n) is 2.68. The molecular formula is C20H32HgN6O12S2. The molecule has 0 aromatic heterocycles. The van der Waals surface area contributed by atoms with E-state index in [1.54, 1.807) is 0 Å². The average molecular weight is 813 g/mol. The number of aliphatic carboxylic acids is 4. The van der Waals surface area contributed by atoms with Crippen LogP contribution in [0.15, 0.2) is 0 Å². The molecule has 41 heavy (non-hydrogen) atoms. The summed E-state index contributed by atoms with van der Waals surface area (Å²) in [6, 6.07) is -4.84. The molecule has 12 N–H and O–H groups in total. The van der Waals surface area contributed by atoms with Gasteiger partial charge in [-0.15, -0.1) is 0 Å². The zero-order chi connectivity index (χ0) is 31.5. The van der Waals surface area contributed by atoms with Crippen LogP contribution in [0.25, 0.3) is 0 Å². The Morgan fingerprint density at radius 3 is 1.27 bits per heavy atom. The molecule has 0 spiro atoms. The zero-order valence-electron chi connectivity index (χ0n) is 21.7. The van der Waals surface area contributed by atoms with Gasteiger partial charge in [0.1, 0.15) is 0 Å². The minimum absolute atomic E-state index is 0.0477. The van der Waals surface area contributed by atoms with Gasteiger partial charge in [-0.1, -0.05) is 0 Å². The van der Waals surface area contributed by atoms with Crippen molar-refractivity contribution in [2.24, 2.45) is 11.5 Å². The van der Waals surface area contributed by atoms with Crippen molar-refractivity contribution in [1.29, 1.82) is 0 Å². The first-order valence-electron chi connectivity index (χ1n) is 11.8. The van der Waals surface area contributed by atoms with Crippen molar-refractivity contribution in [3.05, 3.63) is 0 Å². The summed E-state index contributed by atoms with van der Waals surface area (Å²) in [7, 11) is 2.65. The Hall–Kier alpha value is -2.68. The van der Waals surface area contributed by atoms with Crippen LogP contribution in [0.2, 0.25) is 0 Å². The van der Waals surface area contributed by atoms with Crippen LogP contribution in [0.5, 0.6) is 0 Å². The molecule has 0 fully saturated rings. The summed E-state index contributed by atoms with van der Waals surface area (Å²) in [5.41, 5.74) is 10.7. The molecule has 21 heteroatoms. The van der Waals surface area contributed by atoms with Gasteiger partial charge < -0.3 is 0 Å². The van der Waals surface area contributed by atoms with Crippen LogP contribution in [-0.4, -0.2) is 117 Å². The zero-order valence-corrected chi connectivity index (χ0v) is 28.8. The van der Waals surface area contributed by atoms with E-state index in [1.807, 2.05) is 0 Å². The summed E-state index contributed by atoms with van der Waals surface area (Å²) in [6.07, 6.45) is -0.950. The van der Waals surface area contributed by atoms with E-state index >= 15 is 0 Å². The number of amides is 4.